The molecule has 1 aromatic heterocycles. The highest BCUT2D eigenvalue weighted by atomic mass is 32.2. The highest BCUT2D eigenvalue weighted by Gasteiger charge is 2.08. The quantitative estimate of drug-likeness (QED) is 0.834. The van der Waals surface area contributed by atoms with Crippen molar-refractivity contribution in [3.8, 4) is 0 Å². The molecule has 0 radical (unpaired) electrons. The number of nitrogens with two attached hydrogens (primary N) is 1. The van der Waals surface area contributed by atoms with E-state index in [9.17, 15) is 4.79 Å². The van der Waals surface area contributed by atoms with Crippen LogP contribution < -0.4 is 11.1 Å². The number of hydrogen-bond acceptors (Lipinski definition) is 6. The standard InChI is InChI=1S/C13H15N5OS/c1-8-4-3-5-10(9(8)2)17-11(19)6-20-13-16-7-15-12(14)18-13/h3-5,7H,6H2,1-2H3,(H,17,19)(H2,14,15,16,18). The predicted octanol–water partition coefficient (Wildman–Crippen LogP) is 1.80. The Bertz CT molecular complexity index is 632. The first-order valence-corrected chi connectivity index (χ1v) is 6.98. The highest BCUT2D eigenvalue weighted by Crippen LogP contribution is 2.19. The number of anilines is 2. The summed E-state index contributed by atoms with van der Waals surface area (Å²) in [7, 11) is 0. The number of benzene rings is 1. The second kappa shape index (κ2) is 6.33. The lowest BCUT2D eigenvalue weighted by atomic mass is 10.1. The molecule has 1 aromatic carbocycles. The Morgan fingerprint density at radius 3 is 2.90 bits per heavy atom. The molecule has 1 heterocycles. The lowest BCUT2D eigenvalue weighted by molar-refractivity contribution is -0.113. The molecule has 0 spiro atoms. The fourth-order valence-electron chi connectivity index (χ4n) is 1.57. The molecule has 0 fully saturated rings. The molecule has 0 unspecified atom stereocenters. The Morgan fingerprint density at radius 1 is 1.35 bits per heavy atom. The Labute approximate surface area is 121 Å². The SMILES string of the molecule is Cc1cccc(NC(=O)CSc2ncnc(N)n2)c1C. The molecule has 0 aliphatic carbocycles. The zero-order valence-electron chi connectivity index (χ0n) is 11.3. The summed E-state index contributed by atoms with van der Waals surface area (Å²) in [4.78, 5) is 23.5. The van der Waals surface area contributed by atoms with E-state index in [1.807, 2.05) is 32.0 Å². The van der Waals surface area contributed by atoms with Crippen molar-refractivity contribution < 1.29 is 4.79 Å². The molecule has 0 aliphatic rings. The average Bonchev–Trinajstić information content (AvgIpc) is 2.42. The van der Waals surface area contributed by atoms with Crippen LogP contribution in [0.1, 0.15) is 11.1 Å². The number of thioether (sulfide) groups is 1. The lowest BCUT2D eigenvalue weighted by Crippen LogP contribution is -2.15. The molecule has 20 heavy (non-hydrogen) atoms. The van der Waals surface area contributed by atoms with E-state index in [2.05, 4.69) is 20.3 Å². The molecule has 2 rings (SSSR count). The summed E-state index contributed by atoms with van der Waals surface area (Å²) in [5.74, 6) is 0.261. The van der Waals surface area contributed by atoms with E-state index in [4.69, 9.17) is 5.73 Å². The largest absolute Gasteiger partial charge is 0.368 e. The zero-order chi connectivity index (χ0) is 14.5. The van der Waals surface area contributed by atoms with Crippen LogP contribution in [0, 0.1) is 13.8 Å². The fourth-order valence-corrected chi connectivity index (χ4v) is 2.18. The monoisotopic (exact) mass is 289 g/mol. The number of nitrogens with zero attached hydrogens (tertiary/aromatic N) is 3. The van der Waals surface area contributed by atoms with Crippen molar-refractivity contribution in [1.29, 1.82) is 0 Å². The molecule has 0 bridgehead atoms. The minimum atomic E-state index is -0.109. The normalized spacial score (nSPS) is 10.3. The van der Waals surface area contributed by atoms with Crippen LogP contribution in [0.2, 0.25) is 0 Å². The van der Waals surface area contributed by atoms with Crippen LogP contribution in [-0.4, -0.2) is 26.6 Å². The van der Waals surface area contributed by atoms with Gasteiger partial charge >= 0.3 is 0 Å². The molecule has 2 aromatic rings. The van der Waals surface area contributed by atoms with Crippen LogP contribution in [0.25, 0.3) is 0 Å². The van der Waals surface area contributed by atoms with Crippen molar-refractivity contribution in [3.63, 3.8) is 0 Å². The topological polar surface area (TPSA) is 93.8 Å². The first-order chi connectivity index (χ1) is 9.56. The summed E-state index contributed by atoms with van der Waals surface area (Å²) in [6, 6.07) is 5.80. The van der Waals surface area contributed by atoms with Crippen molar-refractivity contribution in [1.82, 2.24) is 15.0 Å². The summed E-state index contributed by atoms with van der Waals surface area (Å²) in [6.45, 7) is 3.98. The van der Waals surface area contributed by atoms with Crippen molar-refractivity contribution in [2.75, 3.05) is 16.8 Å². The molecule has 0 saturated carbocycles. The summed E-state index contributed by atoms with van der Waals surface area (Å²) in [6.07, 6.45) is 1.33. The first-order valence-electron chi connectivity index (χ1n) is 5.99. The number of nitrogen functional groups attached to an aromatic ring is 1. The van der Waals surface area contributed by atoms with Crippen molar-refractivity contribution in [2.24, 2.45) is 0 Å². The highest BCUT2D eigenvalue weighted by molar-refractivity contribution is 7.99. The van der Waals surface area contributed by atoms with E-state index in [1.54, 1.807) is 0 Å². The van der Waals surface area contributed by atoms with Crippen LogP contribution in [0.3, 0.4) is 0 Å². The van der Waals surface area contributed by atoms with Gasteiger partial charge in [-0.25, -0.2) is 9.97 Å². The number of aromatic nitrogens is 3. The van der Waals surface area contributed by atoms with Gasteiger partial charge in [0.15, 0.2) is 5.16 Å². The predicted molar refractivity (Wildman–Crippen MR) is 79.5 cm³/mol. The molecule has 0 saturated heterocycles. The number of carbonyl (C=O) groups excluding carboxylic acids is 1. The molecule has 0 atom stereocenters. The van der Waals surface area contributed by atoms with Gasteiger partial charge in [0.2, 0.25) is 11.9 Å². The van der Waals surface area contributed by atoms with Crippen LogP contribution >= 0.6 is 11.8 Å². The van der Waals surface area contributed by atoms with Gasteiger partial charge in [0, 0.05) is 5.69 Å². The number of carbonyl (C=O) groups is 1. The summed E-state index contributed by atoms with van der Waals surface area (Å²) in [5, 5.41) is 3.31. The third-order valence-electron chi connectivity index (χ3n) is 2.78. The van der Waals surface area contributed by atoms with Gasteiger partial charge < -0.3 is 11.1 Å². The van der Waals surface area contributed by atoms with Gasteiger partial charge in [-0.2, -0.15) is 4.98 Å². The zero-order valence-corrected chi connectivity index (χ0v) is 12.1. The van der Waals surface area contributed by atoms with Crippen molar-refractivity contribution in [3.05, 3.63) is 35.7 Å². The molecule has 104 valence electrons. The maximum absolute atomic E-state index is 11.9. The molecule has 6 nitrogen and oxygen atoms in total. The maximum Gasteiger partial charge on any atom is 0.234 e. The molecular formula is C13H15N5OS. The number of hydrogen-bond donors (Lipinski definition) is 2. The Morgan fingerprint density at radius 2 is 2.15 bits per heavy atom. The second-order valence-corrected chi connectivity index (χ2v) is 5.15. The molecular weight excluding hydrogens is 274 g/mol. The Balaban J connectivity index is 1.94. The Kier molecular flexibility index (Phi) is 4.52. The van der Waals surface area contributed by atoms with E-state index in [0.29, 0.717) is 5.16 Å². The molecule has 7 heteroatoms. The van der Waals surface area contributed by atoms with Crippen molar-refractivity contribution >= 4 is 29.3 Å². The van der Waals surface area contributed by atoms with Gasteiger partial charge in [-0.1, -0.05) is 23.9 Å². The molecule has 0 aliphatic heterocycles. The summed E-state index contributed by atoms with van der Waals surface area (Å²) < 4.78 is 0. The van der Waals surface area contributed by atoms with E-state index in [-0.39, 0.29) is 17.6 Å². The number of rotatable bonds is 4. The number of nitrogens with one attached hydrogen (secondary N) is 1. The van der Waals surface area contributed by atoms with Crippen LogP contribution in [0.4, 0.5) is 11.6 Å². The van der Waals surface area contributed by atoms with Gasteiger partial charge in [-0.3, -0.25) is 4.79 Å². The molecule has 1 amide bonds. The van der Waals surface area contributed by atoms with E-state index in [1.165, 1.54) is 18.1 Å². The Hall–Kier alpha value is -2.15. The van der Waals surface area contributed by atoms with Gasteiger partial charge in [0.25, 0.3) is 0 Å². The minimum absolute atomic E-state index is 0.109. The third kappa shape index (κ3) is 3.67. The first kappa shape index (κ1) is 14.3. The van der Waals surface area contributed by atoms with Crippen LogP contribution in [0.15, 0.2) is 29.7 Å². The smallest absolute Gasteiger partial charge is 0.234 e. The number of aryl methyl sites for hydroxylation is 1. The van der Waals surface area contributed by atoms with E-state index < -0.39 is 0 Å². The summed E-state index contributed by atoms with van der Waals surface area (Å²) >= 11 is 1.22. The second-order valence-electron chi connectivity index (χ2n) is 4.21. The number of amides is 1. The van der Waals surface area contributed by atoms with Gasteiger partial charge in [0.1, 0.15) is 6.33 Å². The third-order valence-corrected chi connectivity index (χ3v) is 3.64. The maximum atomic E-state index is 11.9. The summed E-state index contributed by atoms with van der Waals surface area (Å²) in [5.41, 5.74) is 8.48. The van der Waals surface area contributed by atoms with Crippen LogP contribution in [-0.2, 0) is 4.79 Å². The fraction of sp³-hybridized carbons (Fsp3) is 0.231. The van der Waals surface area contributed by atoms with Gasteiger partial charge in [-0.15, -0.1) is 0 Å². The van der Waals surface area contributed by atoms with E-state index >= 15 is 0 Å². The minimum Gasteiger partial charge on any atom is -0.368 e. The van der Waals surface area contributed by atoms with Crippen molar-refractivity contribution in [2.45, 2.75) is 19.0 Å². The average molecular weight is 289 g/mol. The molecule has 3 N–H and O–H groups in total. The van der Waals surface area contributed by atoms with E-state index in [0.717, 1.165) is 16.8 Å². The van der Waals surface area contributed by atoms with Gasteiger partial charge in [0.05, 0.1) is 5.75 Å². The lowest BCUT2D eigenvalue weighted by Gasteiger charge is -2.09. The van der Waals surface area contributed by atoms with Crippen LogP contribution in [0.5, 0.6) is 0 Å². The van der Waals surface area contributed by atoms with Gasteiger partial charge in [-0.05, 0) is 31.0 Å².